The van der Waals surface area contributed by atoms with Gasteiger partial charge in [0.05, 0.1) is 18.5 Å². The van der Waals surface area contributed by atoms with Crippen molar-refractivity contribution < 1.29 is 23.1 Å². The first-order valence-electron chi connectivity index (χ1n) is 8.15. The summed E-state index contributed by atoms with van der Waals surface area (Å²) in [4.78, 5) is 28.7. The first-order valence-corrected chi connectivity index (χ1v) is 8.15. The Labute approximate surface area is 159 Å². The van der Waals surface area contributed by atoms with E-state index < -0.39 is 23.4 Å². The number of nitrogens with one attached hydrogen (secondary N) is 2. The Kier molecular flexibility index (Phi) is 5.59. The van der Waals surface area contributed by atoms with Gasteiger partial charge in [-0.05, 0) is 36.4 Å². The van der Waals surface area contributed by atoms with Crippen LogP contribution in [-0.4, -0.2) is 23.9 Å². The molecule has 0 aliphatic heterocycles. The Morgan fingerprint density at radius 1 is 0.929 bits per heavy atom. The van der Waals surface area contributed by atoms with Gasteiger partial charge >= 0.3 is 0 Å². The van der Waals surface area contributed by atoms with Crippen LogP contribution in [0, 0.1) is 11.6 Å². The summed E-state index contributed by atoms with van der Waals surface area (Å²) in [6, 6.07) is 12.3. The fourth-order valence-electron chi connectivity index (χ4n) is 2.42. The zero-order valence-corrected chi connectivity index (χ0v) is 14.7. The molecule has 0 saturated heterocycles. The van der Waals surface area contributed by atoms with Crippen LogP contribution in [0.1, 0.15) is 20.8 Å². The first kappa shape index (κ1) is 19.0. The summed E-state index contributed by atoms with van der Waals surface area (Å²) in [5.74, 6) is -2.41. The fraction of sp³-hybridized carbons (Fsp3) is 0.0500. The van der Waals surface area contributed by atoms with Gasteiger partial charge in [-0.2, -0.15) is 0 Å². The third-order valence-electron chi connectivity index (χ3n) is 3.79. The molecule has 2 aromatic carbocycles. The minimum Gasteiger partial charge on any atom is -0.495 e. The second kappa shape index (κ2) is 8.26. The van der Waals surface area contributed by atoms with E-state index in [1.807, 2.05) is 0 Å². The largest absolute Gasteiger partial charge is 0.495 e. The molecule has 3 rings (SSSR count). The van der Waals surface area contributed by atoms with E-state index in [4.69, 9.17) is 4.74 Å². The molecule has 0 aliphatic rings. The molecule has 0 aliphatic carbocycles. The summed E-state index contributed by atoms with van der Waals surface area (Å²) in [6.45, 7) is 0. The lowest BCUT2D eigenvalue weighted by Crippen LogP contribution is -2.17. The van der Waals surface area contributed by atoms with Crippen LogP contribution < -0.4 is 15.4 Å². The molecule has 0 radical (unpaired) electrons. The number of anilines is 2. The van der Waals surface area contributed by atoms with E-state index in [2.05, 4.69) is 15.6 Å². The molecule has 0 bridgehead atoms. The molecule has 2 amide bonds. The summed E-state index contributed by atoms with van der Waals surface area (Å²) in [5.41, 5.74) is 0.338. The van der Waals surface area contributed by atoms with Crippen molar-refractivity contribution in [1.29, 1.82) is 0 Å². The highest BCUT2D eigenvalue weighted by molar-refractivity contribution is 6.08. The summed E-state index contributed by atoms with van der Waals surface area (Å²) >= 11 is 0. The van der Waals surface area contributed by atoms with Crippen molar-refractivity contribution in [3.63, 3.8) is 0 Å². The van der Waals surface area contributed by atoms with Gasteiger partial charge in [-0.3, -0.25) is 14.6 Å². The number of methoxy groups -OCH3 is 1. The number of carbonyl (C=O) groups is 2. The lowest BCUT2D eigenvalue weighted by Gasteiger charge is -2.10. The van der Waals surface area contributed by atoms with E-state index in [1.54, 1.807) is 24.3 Å². The molecular formula is C20H15F2N3O3. The Morgan fingerprint density at radius 2 is 1.68 bits per heavy atom. The number of ether oxygens (including phenoxy) is 1. The molecule has 6 nitrogen and oxygen atoms in total. The smallest absolute Gasteiger partial charge is 0.274 e. The zero-order chi connectivity index (χ0) is 20.1. The summed E-state index contributed by atoms with van der Waals surface area (Å²) in [7, 11) is 1.47. The quantitative estimate of drug-likeness (QED) is 0.701. The maximum absolute atomic E-state index is 13.7. The molecule has 142 valence electrons. The Balaban J connectivity index is 1.77. The van der Waals surface area contributed by atoms with Crippen molar-refractivity contribution >= 4 is 23.2 Å². The molecule has 0 spiro atoms. The number of hydrogen-bond donors (Lipinski definition) is 2. The first-order chi connectivity index (χ1) is 13.5. The number of halogens is 2. The monoisotopic (exact) mass is 383 g/mol. The molecule has 0 saturated carbocycles. The maximum atomic E-state index is 13.7. The lowest BCUT2D eigenvalue weighted by molar-refractivity contribution is 0.102. The van der Waals surface area contributed by atoms with Gasteiger partial charge in [0, 0.05) is 17.8 Å². The minimum absolute atomic E-state index is 0.0156. The number of rotatable bonds is 5. The molecule has 0 unspecified atom stereocenters. The molecule has 8 heteroatoms. The number of nitrogens with zero attached hydrogens (tertiary/aromatic N) is 1. The van der Waals surface area contributed by atoms with Crippen LogP contribution in [0.3, 0.4) is 0 Å². The normalized spacial score (nSPS) is 10.2. The van der Waals surface area contributed by atoms with Crippen LogP contribution in [0.15, 0.2) is 60.8 Å². The van der Waals surface area contributed by atoms with E-state index >= 15 is 0 Å². The number of aromatic nitrogens is 1. The summed E-state index contributed by atoms with van der Waals surface area (Å²) in [6.07, 6.45) is 1.28. The maximum Gasteiger partial charge on any atom is 0.274 e. The van der Waals surface area contributed by atoms with Gasteiger partial charge in [-0.15, -0.1) is 0 Å². The van der Waals surface area contributed by atoms with Gasteiger partial charge in [0.2, 0.25) is 0 Å². The molecule has 0 fully saturated rings. The van der Waals surface area contributed by atoms with Gasteiger partial charge in [-0.1, -0.05) is 12.1 Å². The highest BCUT2D eigenvalue weighted by Crippen LogP contribution is 2.23. The van der Waals surface area contributed by atoms with Crippen LogP contribution in [0.4, 0.5) is 20.2 Å². The predicted molar refractivity (Wildman–Crippen MR) is 99.5 cm³/mol. The number of amides is 2. The average molecular weight is 383 g/mol. The highest BCUT2D eigenvalue weighted by atomic mass is 19.1. The SMILES string of the molecule is COc1ccccc1NC(=O)c1cc(C(=O)Nc2ccc(F)cc2F)ccn1. The van der Waals surface area contributed by atoms with Gasteiger partial charge in [0.1, 0.15) is 23.1 Å². The Morgan fingerprint density at radius 3 is 2.43 bits per heavy atom. The van der Waals surface area contributed by atoms with Gasteiger partial charge in [0.25, 0.3) is 11.8 Å². The van der Waals surface area contributed by atoms with Gasteiger partial charge in [0.15, 0.2) is 0 Å². The third kappa shape index (κ3) is 4.29. The number of benzene rings is 2. The molecule has 3 aromatic rings. The lowest BCUT2D eigenvalue weighted by atomic mass is 10.2. The Hall–Kier alpha value is -3.81. The number of para-hydroxylation sites is 2. The molecule has 2 N–H and O–H groups in total. The van der Waals surface area contributed by atoms with Gasteiger partial charge in [-0.25, -0.2) is 8.78 Å². The topological polar surface area (TPSA) is 80.3 Å². The zero-order valence-electron chi connectivity index (χ0n) is 14.7. The van der Waals surface area contributed by atoms with Crippen molar-refractivity contribution in [1.82, 2.24) is 4.98 Å². The second-order valence-electron chi connectivity index (χ2n) is 5.66. The van der Waals surface area contributed by atoms with Crippen LogP contribution in [0.25, 0.3) is 0 Å². The standard InChI is InChI=1S/C20H15F2N3O3/c1-28-18-5-3-2-4-16(18)25-20(27)17-10-12(8-9-23-17)19(26)24-15-7-6-13(21)11-14(15)22/h2-11H,1H3,(H,24,26)(H,25,27). The van der Waals surface area contributed by atoms with Crippen molar-refractivity contribution in [2.75, 3.05) is 17.7 Å². The molecule has 28 heavy (non-hydrogen) atoms. The van der Waals surface area contributed by atoms with E-state index in [0.29, 0.717) is 17.5 Å². The van der Waals surface area contributed by atoms with E-state index in [9.17, 15) is 18.4 Å². The van der Waals surface area contributed by atoms with E-state index in [1.165, 1.54) is 25.4 Å². The van der Waals surface area contributed by atoms with Crippen LogP contribution >= 0.6 is 0 Å². The number of pyridine rings is 1. The average Bonchev–Trinajstić information content (AvgIpc) is 2.70. The molecule has 0 atom stereocenters. The molecule has 1 aromatic heterocycles. The predicted octanol–water partition coefficient (Wildman–Crippen LogP) is 3.87. The number of carbonyl (C=O) groups excluding carboxylic acids is 2. The molecule has 1 heterocycles. The number of hydrogen-bond acceptors (Lipinski definition) is 4. The van der Waals surface area contributed by atoms with Crippen molar-refractivity contribution in [3.05, 3.63) is 83.7 Å². The summed E-state index contributed by atoms with van der Waals surface area (Å²) in [5, 5.41) is 4.98. The Bertz CT molecular complexity index is 1040. The van der Waals surface area contributed by atoms with Gasteiger partial charge < -0.3 is 15.4 Å². The van der Waals surface area contributed by atoms with Crippen molar-refractivity contribution in [2.45, 2.75) is 0 Å². The summed E-state index contributed by atoms with van der Waals surface area (Å²) < 4.78 is 31.8. The minimum atomic E-state index is -0.906. The van der Waals surface area contributed by atoms with Crippen LogP contribution in [-0.2, 0) is 0 Å². The van der Waals surface area contributed by atoms with E-state index in [-0.39, 0.29) is 16.9 Å². The second-order valence-corrected chi connectivity index (χ2v) is 5.66. The van der Waals surface area contributed by atoms with Crippen LogP contribution in [0.2, 0.25) is 0 Å². The molecular weight excluding hydrogens is 368 g/mol. The fourth-order valence-corrected chi connectivity index (χ4v) is 2.42. The van der Waals surface area contributed by atoms with Crippen molar-refractivity contribution in [2.24, 2.45) is 0 Å². The highest BCUT2D eigenvalue weighted by Gasteiger charge is 2.15. The van der Waals surface area contributed by atoms with Crippen molar-refractivity contribution in [3.8, 4) is 5.75 Å². The third-order valence-corrected chi connectivity index (χ3v) is 3.79. The van der Waals surface area contributed by atoms with E-state index in [0.717, 1.165) is 12.1 Å². The van der Waals surface area contributed by atoms with Crippen LogP contribution in [0.5, 0.6) is 5.75 Å².